The van der Waals surface area contributed by atoms with E-state index in [0.29, 0.717) is 37.2 Å². The highest BCUT2D eigenvalue weighted by molar-refractivity contribution is 6.04. The second kappa shape index (κ2) is 8.66. The molecule has 0 unspecified atom stereocenters. The van der Waals surface area contributed by atoms with Gasteiger partial charge in [0.25, 0.3) is 5.56 Å². The van der Waals surface area contributed by atoms with Gasteiger partial charge in [0.2, 0.25) is 5.91 Å². The van der Waals surface area contributed by atoms with Crippen molar-refractivity contribution in [2.24, 2.45) is 0 Å². The van der Waals surface area contributed by atoms with Crippen LogP contribution in [0, 0.1) is 6.92 Å². The Balaban J connectivity index is 1.23. The van der Waals surface area contributed by atoms with Crippen molar-refractivity contribution < 1.29 is 14.7 Å². The van der Waals surface area contributed by atoms with Gasteiger partial charge in [-0.3, -0.25) is 14.2 Å². The Kier molecular flexibility index (Phi) is 5.53. The van der Waals surface area contributed by atoms with Gasteiger partial charge in [-0.25, -0.2) is 9.78 Å². The summed E-state index contributed by atoms with van der Waals surface area (Å²) in [6, 6.07) is 12.8. The van der Waals surface area contributed by atoms with Crippen LogP contribution < -0.4 is 10.5 Å². The number of H-pyrrole nitrogens is 1. The van der Waals surface area contributed by atoms with Gasteiger partial charge in [-0.15, -0.1) is 0 Å². The van der Waals surface area contributed by atoms with Crippen LogP contribution in [0.5, 0.6) is 0 Å². The lowest BCUT2D eigenvalue weighted by Gasteiger charge is -2.36. The first-order chi connectivity index (χ1) is 16.4. The molecule has 1 aliphatic heterocycles. The van der Waals surface area contributed by atoms with Crippen molar-refractivity contribution in [2.75, 3.05) is 31.1 Å². The topological polar surface area (TPSA) is 112 Å². The smallest absolute Gasteiger partial charge is 0.335 e. The van der Waals surface area contributed by atoms with Gasteiger partial charge >= 0.3 is 5.97 Å². The number of aromatic carboxylic acids is 1. The van der Waals surface area contributed by atoms with E-state index in [1.165, 1.54) is 10.9 Å². The van der Waals surface area contributed by atoms with E-state index >= 15 is 0 Å². The summed E-state index contributed by atoms with van der Waals surface area (Å²) in [4.78, 5) is 48.5. The Morgan fingerprint density at radius 3 is 2.65 bits per heavy atom. The molecule has 0 atom stereocenters. The largest absolute Gasteiger partial charge is 0.478 e. The third kappa shape index (κ3) is 4.00. The molecule has 1 amide bonds. The maximum atomic E-state index is 13.0. The number of carboxylic acids is 1. The maximum Gasteiger partial charge on any atom is 0.335 e. The molecule has 9 heteroatoms. The van der Waals surface area contributed by atoms with Crippen LogP contribution in [0.15, 0.2) is 53.6 Å². The van der Waals surface area contributed by atoms with Crippen LogP contribution in [0.1, 0.15) is 22.3 Å². The van der Waals surface area contributed by atoms with E-state index < -0.39 is 5.97 Å². The van der Waals surface area contributed by atoms with E-state index in [4.69, 9.17) is 0 Å². The third-order valence-electron chi connectivity index (χ3n) is 6.38. The number of amides is 1. The minimum Gasteiger partial charge on any atom is -0.478 e. The highest BCUT2D eigenvalue weighted by Crippen LogP contribution is 2.22. The molecule has 1 fully saturated rings. The number of aromatic amines is 1. The Morgan fingerprint density at radius 1 is 1.09 bits per heavy atom. The molecule has 5 rings (SSSR count). The molecule has 174 valence electrons. The number of rotatable bonds is 5. The Labute approximate surface area is 195 Å². The molecule has 2 aromatic heterocycles. The number of nitrogens with one attached hydrogen (secondary N) is 1. The Hall–Kier alpha value is -4.14. The minimum absolute atomic E-state index is 0.0156. The number of anilines is 1. The second-order valence-corrected chi connectivity index (χ2v) is 8.61. The van der Waals surface area contributed by atoms with Crippen LogP contribution in [0.25, 0.3) is 21.9 Å². The normalized spacial score (nSPS) is 14.1. The number of carboxylic acid groups (broad SMARTS) is 1. The Bertz CT molecular complexity index is 1460. The summed E-state index contributed by atoms with van der Waals surface area (Å²) in [6.07, 6.45) is 1.72. The number of carbonyl (C=O) groups excluding carboxylic acids is 1. The van der Waals surface area contributed by atoms with E-state index in [2.05, 4.69) is 14.9 Å². The fourth-order valence-electron chi connectivity index (χ4n) is 4.49. The number of hydrogen-bond donors (Lipinski definition) is 2. The highest BCUT2D eigenvalue weighted by Gasteiger charge is 2.22. The van der Waals surface area contributed by atoms with Crippen LogP contribution in [-0.2, 0) is 11.3 Å². The van der Waals surface area contributed by atoms with Gasteiger partial charge < -0.3 is 19.9 Å². The second-order valence-electron chi connectivity index (χ2n) is 8.61. The molecule has 0 aliphatic carbocycles. The van der Waals surface area contributed by atoms with Crippen LogP contribution in [0.2, 0.25) is 0 Å². The highest BCUT2D eigenvalue weighted by atomic mass is 16.4. The standard InChI is InChI=1S/C25H25N5O4/c1-16-5-6-20-19(13-16)22-23(27-20)24(32)30(15-26-22)8-7-21(31)29-11-9-28(10-12-29)18-4-2-3-17(14-18)25(33)34/h2-6,13-15,27H,7-12H2,1H3,(H,33,34). The lowest BCUT2D eigenvalue weighted by atomic mass is 10.1. The fraction of sp³-hybridized carbons (Fsp3) is 0.280. The molecule has 0 bridgehead atoms. The van der Waals surface area contributed by atoms with E-state index in [0.717, 1.165) is 22.2 Å². The molecule has 2 aromatic carbocycles. The number of nitrogens with zero attached hydrogens (tertiary/aromatic N) is 4. The molecule has 3 heterocycles. The van der Waals surface area contributed by atoms with Gasteiger partial charge in [0.1, 0.15) is 11.0 Å². The summed E-state index contributed by atoms with van der Waals surface area (Å²) in [5, 5.41) is 10.1. The quantitative estimate of drug-likeness (QED) is 0.475. The fourth-order valence-corrected chi connectivity index (χ4v) is 4.49. The molecule has 34 heavy (non-hydrogen) atoms. The summed E-state index contributed by atoms with van der Waals surface area (Å²) < 4.78 is 1.48. The van der Waals surface area contributed by atoms with Crippen molar-refractivity contribution in [3.05, 3.63) is 70.3 Å². The van der Waals surface area contributed by atoms with Crippen LogP contribution in [-0.4, -0.2) is 62.6 Å². The number of aryl methyl sites for hydroxylation is 2. The number of benzene rings is 2. The number of hydrogen-bond acceptors (Lipinski definition) is 5. The number of aromatic nitrogens is 3. The monoisotopic (exact) mass is 459 g/mol. The first kappa shape index (κ1) is 21.7. The predicted octanol–water partition coefficient (Wildman–Crippen LogP) is 2.62. The van der Waals surface area contributed by atoms with E-state index in [1.54, 1.807) is 23.1 Å². The SMILES string of the molecule is Cc1ccc2[nH]c3c(=O)n(CCC(=O)N4CCN(c5cccc(C(=O)O)c5)CC4)cnc3c2c1. The number of fused-ring (bicyclic) bond motifs is 3. The van der Waals surface area contributed by atoms with Crippen molar-refractivity contribution >= 4 is 39.5 Å². The summed E-state index contributed by atoms with van der Waals surface area (Å²) in [5.74, 6) is -0.973. The summed E-state index contributed by atoms with van der Waals surface area (Å²) in [6.45, 7) is 4.59. The zero-order chi connectivity index (χ0) is 23.8. The molecule has 2 N–H and O–H groups in total. The molecule has 4 aromatic rings. The summed E-state index contributed by atoms with van der Waals surface area (Å²) in [5.41, 5.74) is 3.96. The molecule has 0 saturated carbocycles. The van der Waals surface area contributed by atoms with E-state index in [1.807, 2.05) is 31.2 Å². The van der Waals surface area contributed by atoms with Gasteiger partial charge in [-0.2, -0.15) is 0 Å². The molecule has 0 spiro atoms. The zero-order valence-corrected chi connectivity index (χ0v) is 18.8. The lowest BCUT2D eigenvalue weighted by molar-refractivity contribution is -0.131. The summed E-state index contributed by atoms with van der Waals surface area (Å²) >= 11 is 0. The van der Waals surface area contributed by atoms with Crippen LogP contribution >= 0.6 is 0 Å². The molecule has 9 nitrogen and oxygen atoms in total. The average molecular weight is 460 g/mol. The first-order valence-corrected chi connectivity index (χ1v) is 11.2. The molecule has 1 saturated heterocycles. The van der Waals surface area contributed by atoms with Crippen molar-refractivity contribution in [1.82, 2.24) is 19.4 Å². The van der Waals surface area contributed by atoms with Gasteiger partial charge in [-0.05, 0) is 37.3 Å². The van der Waals surface area contributed by atoms with Crippen molar-refractivity contribution in [3.63, 3.8) is 0 Å². The first-order valence-electron chi connectivity index (χ1n) is 11.2. The summed E-state index contributed by atoms with van der Waals surface area (Å²) in [7, 11) is 0. The molecular weight excluding hydrogens is 434 g/mol. The minimum atomic E-state index is -0.957. The zero-order valence-electron chi connectivity index (χ0n) is 18.8. The van der Waals surface area contributed by atoms with Crippen molar-refractivity contribution in [2.45, 2.75) is 19.9 Å². The molecule has 1 aliphatic rings. The number of piperazine rings is 1. The predicted molar refractivity (Wildman–Crippen MR) is 129 cm³/mol. The van der Waals surface area contributed by atoms with E-state index in [9.17, 15) is 19.5 Å². The number of carbonyl (C=O) groups is 2. The third-order valence-corrected chi connectivity index (χ3v) is 6.38. The van der Waals surface area contributed by atoms with E-state index in [-0.39, 0.29) is 30.0 Å². The van der Waals surface area contributed by atoms with Crippen molar-refractivity contribution in [1.29, 1.82) is 0 Å². The Morgan fingerprint density at radius 2 is 1.88 bits per heavy atom. The van der Waals surface area contributed by atoms with Crippen LogP contribution in [0.4, 0.5) is 5.69 Å². The van der Waals surface area contributed by atoms with Gasteiger partial charge in [0, 0.05) is 55.7 Å². The maximum absolute atomic E-state index is 13.0. The molecule has 0 radical (unpaired) electrons. The van der Waals surface area contributed by atoms with Gasteiger partial charge in [0.05, 0.1) is 11.9 Å². The van der Waals surface area contributed by atoms with Crippen molar-refractivity contribution in [3.8, 4) is 0 Å². The lowest BCUT2D eigenvalue weighted by Crippen LogP contribution is -2.49. The molecular formula is C25H25N5O4. The van der Waals surface area contributed by atoms with Crippen LogP contribution in [0.3, 0.4) is 0 Å². The average Bonchev–Trinajstić information content (AvgIpc) is 3.22. The van der Waals surface area contributed by atoms with Gasteiger partial charge in [0.15, 0.2) is 0 Å². The van der Waals surface area contributed by atoms with Gasteiger partial charge in [-0.1, -0.05) is 17.7 Å².